The summed E-state index contributed by atoms with van der Waals surface area (Å²) in [6.45, 7) is 2.04. The molecule has 0 spiro atoms. The molecule has 1 rings (SSSR count). The largest absolute Gasteiger partial charge is 0.483 e. The molecular formula is C12H24O2. The normalized spacial score (nSPS) is 16.9. The molecule has 0 atom stereocenters. The molecule has 0 aromatic rings. The van der Waals surface area contributed by atoms with Gasteiger partial charge in [0, 0.05) is 0 Å². The lowest BCUT2D eigenvalue weighted by molar-refractivity contribution is -0.122. The van der Waals surface area contributed by atoms with E-state index < -0.39 is 0 Å². The third kappa shape index (κ3) is 8.09. The van der Waals surface area contributed by atoms with Gasteiger partial charge in [-0.3, -0.25) is 4.79 Å². The molecule has 0 radical (unpaired) electrons. The lowest BCUT2D eigenvalue weighted by Crippen LogP contribution is -2.05. The van der Waals surface area contributed by atoms with Crippen molar-refractivity contribution in [3.63, 3.8) is 0 Å². The summed E-state index contributed by atoms with van der Waals surface area (Å²) in [7, 11) is 0. The molecule has 2 heteroatoms. The van der Waals surface area contributed by atoms with Gasteiger partial charge in [0.2, 0.25) is 0 Å². The molecule has 1 aliphatic rings. The summed E-state index contributed by atoms with van der Waals surface area (Å²) in [6, 6.07) is 0. The number of carboxylic acid groups (broad SMARTS) is 1. The second-order valence-corrected chi connectivity index (χ2v) is 4.11. The first-order chi connectivity index (χ1) is 6.85. The van der Waals surface area contributed by atoms with Crippen LogP contribution < -0.4 is 0 Å². The van der Waals surface area contributed by atoms with Gasteiger partial charge in [-0.2, -0.15) is 0 Å². The van der Waals surface area contributed by atoms with Crippen molar-refractivity contribution in [1.29, 1.82) is 0 Å². The van der Waals surface area contributed by atoms with Crippen molar-refractivity contribution in [1.82, 2.24) is 0 Å². The van der Waals surface area contributed by atoms with E-state index in [4.69, 9.17) is 9.90 Å². The van der Waals surface area contributed by atoms with Crippen molar-refractivity contribution in [2.45, 2.75) is 64.7 Å². The highest BCUT2D eigenvalue weighted by atomic mass is 16.3. The number of rotatable bonds is 4. The van der Waals surface area contributed by atoms with E-state index in [0.29, 0.717) is 0 Å². The van der Waals surface area contributed by atoms with Gasteiger partial charge in [0.1, 0.15) is 0 Å². The Bertz CT molecular complexity index is 117. The summed E-state index contributed by atoms with van der Waals surface area (Å²) in [5.41, 5.74) is 0. The Balaban J connectivity index is 0.000000500. The second-order valence-electron chi connectivity index (χ2n) is 4.11. The molecule has 1 N–H and O–H groups in total. The van der Waals surface area contributed by atoms with Gasteiger partial charge in [-0.1, -0.05) is 64.7 Å². The molecule has 0 aromatic heterocycles. The summed E-state index contributed by atoms with van der Waals surface area (Å²) in [5.74, 6) is 1.11. The Labute approximate surface area is 87.7 Å². The van der Waals surface area contributed by atoms with E-state index in [1.807, 2.05) is 0 Å². The van der Waals surface area contributed by atoms with Crippen LogP contribution in [0.2, 0.25) is 0 Å². The van der Waals surface area contributed by atoms with Gasteiger partial charge in [0.05, 0.1) is 0 Å². The summed E-state index contributed by atoms with van der Waals surface area (Å²) in [5, 5.41) is 6.89. The van der Waals surface area contributed by atoms with Crippen LogP contribution in [0.4, 0.5) is 0 Å². The fourth-order valence-corrected chi connectivity index (χ4v) is 2.16. The van der Waals surface area contributed by atoms with Crippen molar-refractivity contribution >= 4 is 6.47 Å². The molecule has 2 nitrogen and oxygen atoms in total. The van der Waals surface area contributed by atoms with Crippen molar-refractivity contribution in [3.8, 4) is 0 Å². The van der Waals surface area contributed by atoms with Crippen LogP contribution in [-0.4, -0.2) is 11.6 Å². The molecule has 0 amide bonds. The second kappa shape index (κ2) is 10.6. The first kappa shape index (κ1) is 13.5. The Morgan fingerprint density at radius 1 is 1.21 bits per heavy atom. The Morgan fingerprint density at radius 3 is 2.29 bits per heavy atom. The highest BCUT2D eigenvalue weighted by Gasteiger charge is 2.11. The monoisotopic (exact) mass is 200 g/mol. The third-order valence-electron chi connectivity index (χ3n) is 2.94. The van der Waals surface area contributed by atoms with Crippen LogP contribution in [-0.2, 0) is 4.79 Å². The van der Waals surface area contributed by atoms with E-state index in [0.717, 1.165) is 5.92 Å². The van der Waals surface area contributed by atoms with Crippen LogP contribution >= 0.6 is 0 Å². The van der Waals surface area contributed by atoms with Crippen molar-refractivity contribution < 1.29 is 9.90 Å². The smallest absolute Gasteiger partial charge is 0.290 e. The molecular weight excluding hydrogens is 176 g/mol. The van der Waals surface area contributed by atoms with Crippen molar-refractivity contribution in [2.75, 3.05) is 0 Å². The van der Waals surface area contributed by atoms with Gasteiger partial charge in [0.15, 0.2) is 0 Å². The van der Waals surface area contributed by atoms with Crippen LogP contribution in [0.1, 0.15) is 64.7 Å². The predicted molar refractivity (Wildman–Crippen MR) is 59.4 cm³/mol. The van der Waals surface area contributed by atoms with Gasteiger partial charge in [-0.05, 0) is 5.92 Å². The average Bonchev–Trinajstić information content (AvgIpc) is 2.21. The van der Waals surface area contributed by atoms with E-state index in [2.05, 4.69) is 6.92 Å². The van der Waals surface area contributed by atoms with Crippen LogP contribution in [0.15, 0.2) is 0 Å². The molecule has 14 heavy (non-hydrogen) atoms. The molecule has 84 valence electrons. The average molecular weight is 200 g/mol. The van der Waals surface area contributed by atoms with Crippen LogP contribution in [0.5, 0.6) is 0 Å². The fraction of sp³-hybridized carbons (Fsp3) is 0.917. The zero-order valence-corrected chi connectivity index (χ0v) is 9.37. The third-order valence-corrected chi connectivity index (χ3v) is 2.94. The molecule has 1 fully saturated rings. The molecule has 0 aromatic carbocycles. The summed E-state index contributed by atoms with van der Waals surface area (Å²) in [6.07, 6.45) is 13.4. The van der Waals surface area contributed by atoms with Crippen LogP contribution in [0.3, 0.4) is 0 Å². The maximum atomic E-state index is 8.36. The highest BCUT2D eigenvalue weighted by Crippen LogP contribution is 2.27. The molecule has 0 aliphatic heterocycles. The van der Waals surface area contributed by atoms with Gasteiger partial charge < -0.3 is 5.11 Å². The summed E-state index contributed by atoms with van der Waals surface area (Å²) >= 11 is 0. The number of hydrogen-bond donors (Lipinski definition) is 1. The first-order valence-electron chi connectivity index (χ1n) is 5.93. The number of hydrogen-bond acceptors (Lipinski definition) is 1. The molecule has 0 unspecified atom stereocenters. The molecule has 0 bridgehead atoms. The highest BCUT2D eigenvalue weighted by molar-refractivity contribution is 5.32. The zero-order chi connectivity index (χ0) is 10.6. The molecule has 0 saturated heterocycles. The minimum absolute atomic E-state index is 0.250. The van der Waals surface area contributed by atoms with E-state index in [1.165, 1.54) is 57.8 Å². The predicted octanol–water partition coefficient (Wildman–Crippen LogP) is 3.85. The zero-order valence-electron chi connectivity index (χ0n) is 9.37. The Morgan fingerprint density at radius 2 is 1.79 bits per heavy atom. The van der Waals surface area contributed by atoms with E-state index in [-0.39, 0.29) is 6.47 Å². The maximum Gasteiger partial charge on any atom is 0.290 e. The van der Waals surface area contributed by atoms with E-state index in [9.17, 15) is 0 Å². The molecule has 0 heterocycles. The number of carbonyl (C=O) groups is 1. The first-order valence-corrected chi connectivity index (χ1v) is 5.93. The van der Waals surface area contributed by atoms with Crippen molar-refractivity contribution in [3.05, 3.63) is 0 Å². The quantitative estimate of drug-likeness (QED) is 0.553. The SMILES string of the molecule is CCCCCC1CCCCC1.O=CO. The lowest BCUT2D eigenvalue weighted by Gasteiger charge is -2.20. The van der Waals surface area contributed by atoms with Crippen LogP contribution in [0.25, 0.3) is 0 Å². The Kier molecular flexibility index (Phi) is 10.2. The summed E-state index contributed by atoms with van der Waals surface area (Å²) in [4.78, 5) is 8.36. The maximum absolute atomic E-state index is 8.36. The van der Waals surface area contributed by atoms with Crippen molar-refractivity contribution in [2.24, 2.45) is 5.92 Å². The van der Waals surface area contributed by atoms with Crippen LogP contribution in [0, 0.1) is 5.92 Å². The van der Waals surface area contributed by atoms with Gasteiger partial charge >= 0.3 is 0 Å². The van der Waals surface area contributed by atoms with E-state index >= 15 is 0 Å². The molecule has 1 saturated carbocycles. The van der Waals surface area contributed by atoms with Gasteiger partial charge in [0.25, 0.3) is 6.47 Å². The minimum Gasteiger partial charge on any atom is -0.483 e. The minimum atomic E-state index is -0.250. The topological polar surface area (TPSA) is 37.3 Å². The number of unbranched alkanes of at least 4 members (excludes halogenated alkanes) is 2. The van der Waals surface area contributed by atoms with Gasteiger partial charge in [-0.25, -0.2) is 0 Å². The van der Waals surface area contributed by atoms with Gasteiger partial charge in [-0.15, -0.1) is 0 Å². The summed E-state index contributed by atoms with van der Waals surface area (Å²) < 4.78 is 0. The fourth-order valence-electron chi connectivity index (χ4n) is 2.16. The van der Waals surface area contributed by atoms with E-state index in [1.54, 1.807) is 0 Å². The lowest BCUT2D eigenvalue weighted by atomic mass is 9.86. The molecule has 1 aliphatic carbocycles. The standard InChI is InChI=1S/C11H22.CH2O2/c1-2-3-5-8-11-9-6-4-7-10-11;2-1-3/h11H,2-10H2,1H3;1H,(H,2,3). The Hall–Kier alpha value is -0.530.